The van der Waals surface area contributed by atoms with Gasteiger partial charge in [-0.1, -0.05) is 42.8 Å². The van der Waals surface area contributed by atoms with Crippen molar-refractivity contribution < 1.29 is 9.53 Å². The van der Waals surface area contributed by atoms with Crippen molar-refractivity contribution in [2.75, 3.05) is 7.11 Å². The van der Waals surface area contributed by atoms with Crippen LogP contribution in [0.15, 0.2) is 42.5 Å². The van der Waals surface area contributed by atoms with Gasteiger partial charge in [0.1, 0.15) is 5.75 Å². The average Bonchev–Trinajstić information content (AvgIpc) is 2.54. The van der Waals surface area contributed by atoms with E-state index in [9.17, 15) is 4.79 Å². The van der Waals surface area contributed by atoms with Crippen molar-refractivity contribution in [2.45, 2.75) is 26.3 Å². The van der Waals surface area contributed by atoms with Crippen molar-refractivity contribution in [3.05, 3.63) is 64.2 Å². The Morgan fingerprint density at radius 2 is 1.91 bits per heavy atom. The maximum atomic E-state index is 12.3. The Morgan fingerprint density at radius 3 is 2.45 bits per heavy atom. The summed E-state index contributed by atoms with van der Waals surface area (Å²) in [6.45, 7) is 4.08. The van der Waals surface area contributed by atoms with Crippen LogP contribution in [0.25, 0.3) is 0 Å². The molecule has 0 aliphatic rings. The van der Waals surface area contributed by atoms with Crippen molar-refractivity contribution in [1.29, 1.82) is 0 Å². The van der Waals surface area contributed by atoms with Crippen molar-refractivity contribution in [1.82, 2.24) is 5.32 Å². The van der Waals surface area contributed by atoms with Crippen molar-refractivity contribution in [3.63, 3.8) is 0 Å². The fraction of sp³-hybridized carbons (Fsp3) is 0.278. The second-order valence-corrected chi connectivity index (χ2v) is 5.55. The van der Waals surface area contributed by atoms with Gasteiger partial charge in [0.25, 0.3) is 5.91 Å². The van der Waals surface area contributed by atoms with Crippen molar-refractivity contribution in [3.8, 4) is 5.75 Å². The lowest BCUT2D eigenvalue weighted by molar-refractivity contribution is 0.0940. The largest absolute Gasteiger partial charge is 0.495 e. The van der Waals surface area contributed by atoms with E-state index in [-0.39, 0.29) is 11.9 Å². The topological polar surface area (TPSA) is 38.3 Å². The molecule has 22 heavy (non-hydrogen) atoms. The highest BCUT2D eigenvalue weighted by Crippen LogP contribution is 2.25. The molecule has 0 aromatic heterocycles. The zero-order valence-electron chi connectivity index (χ0n) is 13.0. The summed E-state index contributed by atoms with van der Waals surface area (Å²) in [5.74, 6) is 0.401. The number of rotatable bonds is 5. The van der Waals surface area contributed by atoms with Crippen LogP contribution in [0, 0.1) is 0 Å². The van der Waals surface area contributed by atoms with Crippen LogP contribution in [0.4, 0.5) is 0 Å². The molecule has 0 aliphatic carbocycles. The van der Waals surface area contributed by atoms with Crippen LogP contribution in [0.3, 0.4) is 0 Å². The van der Waals surface area contributed by atoms with Crippen LogP contribution in [-0.4, -0.2) is 13.0 Å². The maximum absolute atomic E-state index is 12.3. The molecule has 4 heteroatoms. The number of nitrogens with one attached hydrogen (secondary N) is 1. The Balaban J connectivity index is 2.08. The lowest BCUT2D eigenvalue weighted by Crippen LogP contribution is -2.26. The summed E-state index contributed by atoms with van der Waals surface area (Å²) in [6.07, 6.45) is 1.01. The van der Waals surface area contributed by atoms with Crippen molar-refractivity contribution >= 4 is 17.5 Å². The molecule has 2 rings (SSSR count). The summed E-state index contributed by atoms with van der Waals surface area (Å²) >= 11 is 6.06. The summed E-state index contributed by atoms with van der Waals surface area (Å²) in [5.41, 5.74) is 2.87. The molecule has 0 saturated carbocycles. The molecule has 1 atom stereocenters. The highest BCUT2D eigenvalue weighted by molar-refractivity contribution is 6.32. The van der Waals surface area contributed by atoms with E-state index in [1.54, 1.807) is 25.3 Å². The third kappa shape index (κ3) is 3.80. The van der Waals surface area contributed by atoms with Gasteiger partial charge >= 0.3 is 0 Å². The molecule has 0 heterocycles. The van der Waals surface area contributed by atoms with Crippen LogP contribution in [-0.2, 0) is 6.42 Å². The van der Waals surface area contributed by atoms with Gasteiger partial charge in [0.15, 0.2) is 0 Å². The normalized spacial score (nSPS) is 11.8. The van der Waals surface area contributed by atoms with E-state index in [0.717, 1.165) is 12.0 Å². The summed E-state index contributed by atoms with van der Waals surface area (Å²) < 4.78 is 5.09. The Labute approximate surface area is 136 Å². The Kier molecular flexibility index (Phi) is 5.45. The van der Waals surface area contributed by atoms with E-state index in [0.29, 0.717) is 16.3 Å². The quantitative estimate of drug-likeness (QED) is 0.887. The molecule has 2 aromatic carbocycles. The number of carbonyl (C=O) groups is 1. The molecule has 1 N–H and O–H groups in total. The second kappa shape index (κ2) is 7.32. The summed E-state index contributed by atoms with van der Waals surface area (Å²) in [4.78, 5) is 12.3. The molecule has 0 bridgehead atoms. The predicted molar refractivity (Wildman–Crippen MR) is 89.7 cm³/mol. The first-order valence-corrected chi connectivity index (χ1v) is 7.66. The number of benzene rings is 2. The number of aryl methyl sites for hydroxylation is 1. The minimum absolute atomic E-state index is 0.0701. The van der Waals surface area contributed by atoms with Gasteiger partial charge < -0.3 is 10.1 Å². The molecule has 0 aliphatic heterocycles. The molecule has 3 nitrogen and oxygen atoms in total. The van der Waals surface area contributed by atoms with E-state index < -0.39 is 0 Å². The SMILES string of the molecule is CCc1ccc([C@H](C)NC(=O)c2ccc(OC)c(Cl)c2)cc1. The minimum Gasteiger partial charge on any atom is -0.495 e. The number of ether oxygens (including phenoxy) is 1. The molecule has 0 unspecified atom stereocenters. The summed E-state index contributed by atoms with van der Waals surface area (Å²) in [6, 6.07) is 13.2. The van der Waals surface area contributed by atoms with Crippen LogP contribution < -0.4 is 10.1 Å². The molecule has 0 saturated heterocycles. The Hall–Kier alpha value is -2.00. The minimum atomic E-state index is -0.156. The highest BCUT2D eigenvalue weighted by Gasteiger charge is 2.13. The number of halogens is 1. The first-order chi connectivity index (χ1) is 10.5. The number of amides is 1. The molecular formula is C18H20ClNO2. The molecule has 1 amide bonds. The van der Waals surface area contributed by atoms with Gasteiger partial charge in [-0.3, -0.25) is 4.79 Å². The maximum Gasteiger partial charge on any atom is 0.251 e. The molecule has 0 spiro atoms. The van der Waals surface area contributed by atoms with E-state index >= 15 is 0 Å². The number of hydrogen-bond donors (Lipinski definition) is 1. The van der Waals surface area contributed by atoms with E-state index in [4.69, 9.17) is 16.3 Å². The van der Waals surface area contributed by atoms with E-state index in [2.05, 4.69) is 24.4 Å². The zero-order chi connectivity index (χ0) is 16.1. The number of carbonyl (C=O) groups excluding carboxylic acids is 1. The molecule has 0 radical (unpaired) electrons. The average molecular weight is 318 g/mol. The lowest BCUT2D eigenvalue weighted by atomic mass is 10.0. The van der Waals surface area contributed by atoms with Crippen LogP contribution in [0.1, 0.15) is 41.4 Å². The van der Waals surface area contributed by atoms with Gasteiger partial charge in [0.2, 0.25) is 0 Å². The lowest BCUT2D eigenvalue weighted by Gasteiger charge is -2.15. The van der Waals surface area contributed by atoms with Crippen LogP contribution in [0.2, 0.25) is 5.02 Å². The summed E-state index contributed by atoms with van der Waals surface area (Å²) in [7, 11) is 1.54. The number of methoxy groups -OCH3 is 1. The number of hydrogen-bond acceptors (Lipinski definition) is 2. The predicted octanol–water partition coefficient (Wildman–Crippen LogP) is 4.40. The van der Waals surface area contributed by atoms with Crippen LogP contribution in [0.5, 0.6) is 5.75 Å². The van der Waals surface area contributed by atoms with E-state index in [1.807, 2.05) is 19.1 Å². The summed E-state index contributed by atoms with van der Waals surface area (Å²) in [5, 5.41) is 3.40. The highest BCUT2D eigenvalue weighted by atomic mass is 35.5. The molecule has 116 valence electrons. The smallest absolute Gasteiger partial charge is 0.251 e. The Bertz CT molecular complexity index is 653. The monoisotopic (exact) mass is 317 g/mol. The standard InChI is InChI=1S/C18H20ClNO2/c1-4-13-5-7-14(8-6-13)12(2)20-18(21)15-9-10-17(22-3)16(19)11-15/h5-12H,4H2,1-3H3,(H,20,21)/t12-/m0/s1. The van der Waals surface area contributed by atoms with E-state index in [1.165, 1.54) is 5.56 Å². The first kappa shape index (κ1) is 16.4. The molecular weight excluding hydrogens is 298 g/mol. The van der Waals surface area contributed by atoms with Gasteiger partial charge in [-0.25, -0.2) is 0 Å². The second-order valence-electron chi connectivity index (χ2n) is 5.14. The fourth-order valence-electron chi connectivity index (χ4n) is 2.21. The zero-order valence-corrected chi connectivity index (χ0v) is 13.8. The van der Waals surface area contributed by atoms with Gasteiger partial charge in [-0.05, 0) is 42.7 Å². The van der Waals surface area contributed by atoms with Gasteiger partial charge in [0, 0.05) is 5.56 Å². The Morgan fingerprint density at radius 1 is 1.23 bits per heavy atom. The van der Waals surface area contributed by atoms with Gasteiger partial charge in [0.05, 0.1) is 18.2 Å². The van der Waals surface area contributed by atoms with Gasteiger partial charge in [-0.2, -0.15) is 0 Å². The fourth-order valence-corrected chi connectivity index (χ4v) is 2.47. The first-order valence-electron chi connectivity index (χ1n) is 7.28. The van der Waals surface area contributed by atoms with Crippen LogP contribution >= 0.6 is 11.6 Å². The van der Waals surface area contributed by atoms with Gasteiger partial charge in [-0.15, -0.1) is 0 Å². The third-order valence-electron chi connectivity index (χ3n) is 3.65. The third-order valence-corrected chi connectivity index (χ3v) is 3.94. The molecule has 0 fully saturated rings. The van der Waals surface area contributed by atoms with Crippen molar-refractivity contribution in [2.24, 2.45) is 0 Å². The molecule has 2 aromatic rings.